The highest BCUT2D eigenvalue weighted by atomic mass is 32.2. The molecule has 1 aliphatic heterocycles. The Morgan fingerprint density at radius 2 is 2.20 bits per heavy atom. The van der Waals surface area contributed by atoms with Crippen molar-refractivity contribution in [3.05, 3.63) is 0 Å². The van der Waals surface area contributed by atoms with Gasteiger partial charge in [0.1, 0.15) is 0 Å². The molecule has 1 saturated heterocycles. The summed E-state index contributed by atoms with van der Waals surface area (Å²) in [6.45, 7) is 11.1. The molecule has 1 unspecified atom stereocenters. The number of nitrogens with two attached hydrogens (primary N) is 1. The molecule has 1 aliphatic rings. The van der Waals surface area contributed by atoms with Crippen LogP contribution in [0.3, 0.4) is 0 Å². The van der Waals surface area contributed by atoms with E-state index in [4.69, 9.17) is 5.73 Å². The highest BCUT2D eigenvalue weighted by molar-refractivity contribution is 7.99. The first kappa shape index (κ1) is 13.3. The van der Waals surface area contributed by atoms with Crippen LogP contribution in [0.4, 0.5) is 0 Å². The summed E-state index contributed by atoms with van der Waals surface area (Å²) in [5, 5.41) is 0. The smallest absolute Gasteiger partial charge is 0.00448 e. The van der Waals surface area contributed by atoms with Crippen LogP contribution in [-0.2, 0) is 0 Å². The van der Waals surface area contributed by atoms with Crippen LogP contribution in [0, 0.1) is 11.3 Å². The van der Waals surface area contributed by atoms with Crippen LogP contribution in [0.2, 0.25) is 0 Å². The van der Waals surface area contributed by atoms with E-state index in [1.807, 2.05) is 0 Å². The third-order valence-corrected chi connectivity index (χ3v) is 4.42. The minimum absolute atomic E-state index is 0.266. The van der Waals surface area contributed by atoms with Gasteiger partial charge in [-0.2, -0.15) is 11.8 Å². The summed E-state index contributed by atoms with van der Waals surface area (Å²) in [5.74, 6) is 3.64. The quantitative estimate of drug-likeness (QED) is 0.757. The highest BCUT2D eigenvalue weighted by Gasteiger charge is 2.23. The Morgan fingerprint density at radius 3 is 2.67 bits per heavy atom. The van der Waals surface area contributed by atoms with Gasteiger partial charge < -0.3 is 10.6 Å². The van der Waals surface area contributed by atoms with Crippen molar-refractivity contribution in [1.29, 1.82) is 0 Å². The Labute approximate surface area is 99.0 Å². The third-order valence-electron chi connectivity index (χ3n) is 3.19. The number of thioether (sulfide) groups is 1. The van der Waals surface area contributed by atoms with Crippen LogP contribution < -0.4 is 5.73 Å². The van der Waals surface area contributed by atoms with Gasteiger partial charge in [-0.25, -0.2) is 0 Å². The fourth-order valence-corrected chi connectivity index (χ4v) is 3.34. The molecule has 0 aromatic heterocycles. The molecule has 0 saturated carbocycles. The van der Waals surface area contributed by atoms with Gasteiger partial charge in [0.25, 0.3) is 0 Å². The van der Waals surface area contributed by atoms with Gasteiger partial charge in [0, 0.05) is 13.1 Å². The maximum Gasteiger partial charge on any atom is 0.00448 e. The Morgan fingerprint density at radius 1 is 1.47 bits per heavy atom. The maximum absolute atomic E-state index is 5.79. The normalized spacial score (nSPS) is 22.6. The summed E-state index contributed by atoms with van der Waals surface area (Å²) >= 11 is 2.11. The second kappa shape index (κ2) is 6.12. The monoisotopic (exact) mass is 230 g/mol. The van der Waals surface area contributed by atoms with Gasteiger partial charge in [-0.15, -0.1) is 0 Å². The molecule has 0 aromatic carbocycles. The molecule has 2 N–H and O–H groups in total. The molecule has 0 aromatic rings. The fraction of sp³-hybridized carbons (Fsp3) is 1.00. The molecule has 0 bridgehead atoms. The predicted molar refractivity (Wildman–Crippen MR) is 70.4 cm³/mol. The van der Waals surface area contributed by atoms with E-state index in [-0.39, 0.29) is 5.41 Å². The zero-order valence-electron chi connectivity index (χ0n) is 10.5. The molecule has 0 spiro atoms. The Bertz CT molecular complexity index is 176. The molecular weight excluding hydrogens is 204 g/mol. The van der Waals surface area contributed by atoms with Crippen molar-refractivity contribution in [2.75, 3.05) is 37.7 Å². The van der Waals surface area contributed by atoms with Crippen molar-refractivity contribution >= 4 is 11.8 Å². The van der Waals surface area contributed by atoms with Crippen molar-refractivity contribution in [1.82, 2.24) is 4.90 Å². The first-order valence-electron chi connectivity index (χ1n) is 6.07. The van der Waals surface area contributed by atoms with Crippen molar-refractivity contribution in [3.8, 4) is 0 Å². The average molecular weight is 230 g/mol. The van der Waals surface area contributed by atoms with Crippen molar-refractivity contribution in [2.24, 2.45) is 17.1 Å². The highest BCUT2D eigenvalue weighted by Crippen LogP contribution is 2.25. The van der Waals surface area contributed by atoms with Gasteiger partial charge in [0.05, 0.1) is 0 Å². The lowest BCUT2D eigenvalue weighted by atomic mass is 9.92. The summed E-state index contributed by atoms with van der Waals surface area (Å²) in [6.07, 6.45) is 1.41. The summed E-state index contributed by atoms with van der Waals surface area (Å²) in [6, 6.07) is 0. The summed E-state index contributed by atoms with van der Waals surface area (Å²) in [7, 11) is 0. The molecule has 1 atom stereocenters. The minimum atomic E-state index is 0.266. The van der Waals surface area contributed by atoms with E-state index >= 15 is 0 Å². The zero-order chi connectivity index (χ0) is 11.3. The number of hydrogen-bond acceptors (Lipinski definition) is 3. The lowest BCUT2D eigenvalue weighted by molar-refractivity contribution is 0.171. The first-order chi connectivity index (χ1) is 7.07. The van der Waals surface area contributed by atoms with Crippen LogP contribution in [0.1, 0.15) is 27.2 Å². The molecule has 0 amide bonds. The van der Waals surface area contributed by atoms with E-state index in [9.17, 15) is 0 Å². The topological polar surface area (TPSA) is 29.3 Å². The van der Waals surface area contributed by atoms with Crippen LogP contribution in [0.25, 0.3) is 0 Å². The molecular formula is C12H26N2S. The molecule has 0 radical (unpaired) electrons. The molecule has 0 aliphatic carbocycles. The molecule has 1 fully saturated rings. The van der Waals surface area contributed by atoms with E-state index in [0.717, 1.165) is 25.6 Å². The third kappa shape index (κ3) is 4.75. The van der Waals surface area contributed by atoms with Crippen LogP contribution >= 0.6 is 11.8 Å². The lowest BCUT2D eigenvalue weighted by Crippen LogP contribution is -2.40. The molecule has 2 nitrogen and oxygen atoms in total. The first-order valence-corrected chi connectivity index (χ1v) is 7.23. The van der Waals surface area contributed by atoms with Gasteiger partial charge in [0.15, 0.2) is 0 Å². The molecule has 15 heavy (non-hydrogen) atoms. The lowest BCUT2D eigenvalue weighted by Gasteiger charge is -2.32. The number of hydrogen-bond donors (Lipinski definition) is 1. The van der Waals surface area contributed by atoms with E-state index in [1.165, 1.54) is 24.5 Å². The average Bonchev–Trinajstić information content (AvgIpc) is 2.69. The SMILES string of the molecule is CCN(CC1CCSC1)CC(C)(C)CN. The fourth-order valence-electron chi connectivity index (χ4n) is 2.07. The van der Waals surface area contributed by atoms with Gasteiger partial charge in [0.2, 0.25) is 0 Å². The van der Waals surface area contributed by atoms with Crippen molar-refractivity contribution in [3.63, 3.8) is 0 Å². The number of rotatable bonds is 6. The van der Waals surface area contributed by atoms with Crippen LogP contribution in [0.5, 0.6) is 0 Å². The predicted octanol–water partition coefficient (Wildman–Crippen LogP) is 2.05. The Balaban J connectivity index is 2.34. The van der Waals surface area contributed by atoms with Crippen LogP contribution in [-0.4, -0.2) is 42.6 Å². The van der Waals surface area contributed by atoms with Gasteiger partial charge >= 0.3 is 0 Å². The van der Waals surface area contributed by atoms with E-state index in [0.29, 0.717) is 0 Å². The van der Waals surface area contributed by atoms with Gasteiger partial charge in [-0.3, -0.25) is 0 Å². The standard InChI is InChI=1S/C12H26N2S/c1-4-14(10-12(2,3)9-13)7-11-5-6-15-8-11/h11H,4-10,13H2,1-3H3. The minimum Gasteiger partial charge on any atom is -0.330 e. The zero-order valence-corrected chi connectivity index (χ0v) is 11.3. The maximum atomic E-state index is 5.79. The van der Waals surface area contributed by atoms with E-state index < -0.39 is 0 Å². The largest absolute Gasteiger partial charge is 0.330 e. The van der Waals surface area contributed by atoms with Crippen molar-refractivity contribution in [2.45, 2.75) is 27.2 Å². The molecule has 90 valence electrons. The van der Waals surface area contributed by atoms with E-state index in [1.54, 1.807) is 0 Å². The summed E-state index contributed by atoms with van der Waals surface area (Å²) < 4.78 is 0. The van der Waals surface area contributed by atoms with Gasteiger partial charge in [-0.05, 0) is 42.3 Å². The second-order valence-electron chi connectivity index (χ2n) is 5.43. The van der Waals surface area contributed by atoms with Crippen molar-refractivity contribution < 1.29 is 0 Å². The van der Waals surface area contributed by atoms with Gasteiger partial charge in [-0.1, -0.05) is 20.8 Å². The Hall–Kier alpha value is 0.270. The Kier molecular flexibility index (Phi) is 5.44. The summed E-state index contributed by atoms with van der Waals surface area (Å²) in [5.41, 5.74) is 6.05. The second-order valence-corrected chi connectivity index (χ2v) is 6.58. The molecule has 3 heteroatoms. The van der Waals surface area contributed by atoms with Crippen LogP contribution in [0.15, 0.2) is 0 Å². The summed E-state index contributed by atoms with van der Waals surface area (Å²) in [4.78, 5) is 2.57. The molecule has 1 heterocycles. The van der Waals surface area contributed by atoms with E-state index in [2.05, 4.69) is 37.4 Å². The number of nitrogens with zero attached hydrogens (tertiary/aromatic N) is 1. The molecule has 1 rings (SSSR count).